The van der Waals surface area contributed by atoms with Crippen molar-refractivity contribution < 1.29 is 8.78 Å². The van der Waals surface area contributed by atoms with Crippen LogP contribution in [0.5, 0.6) is 0 Å². The fourth-order valence-corrected chi connectivity index (χ4v) is 4.65. The van der Waals surface area contributed by atoms with Gasteiger partial charge in [0.1, 0.15) is 0 Å². The molecule has 2 aliphatic carbocycles. The van der Waals surface area contributed by atoms with E-state index in [0.29, 0.717) is 11.5 Å². The minimum atomic E-state index is -0.686. The zero-order valence-electron chi connectivity index (χ0n) is 13.7. The molecule has 0 amide bonds. The third kappa shape index (κ3) is 3.36. The lowest BCUT2D eigenvalue weighted by molar-refractivity contribution is 0.182. The van der Waals surface area contributed by atoms with Gasteiger partial charge in [-0.2, -0.15) is 0 Å². The van der Waals surface area contributed by atoms with Gasteiger partial charge in [0, 0.05) is 0 Å². The average molecular weight is 306 g/mol. The first-order valence-corrected chi connectivity index (χ1v) is 9.14. The van der Waals surface area contributed by atoms with E-state index in [1.54, 1.807) is 0 Å². The third-order valence-electron chi connectivity index (χ3n) is 6.06. The topological polar surface area (TPSA) is 0 Å². The van der Waals surface area contributed by atoms with Gasteiger partial charge in [0.25, 0.3) is 0 Å². The Labute approximate surface area is 133 Å². The molecular formula is C20H28F2. The lowest BCUT2D eigenvalue weighted by Crippen LogP contribution is -2.27. The number of unbranched alkanes of at least 4 members (excludes halogenated alkanes) is 1. The quantitative estimate of drug-likeness (QED) is 0.633. The Kier molecular flexibility index (Phi) is 5.15. The molecule has 1 aromatic carbocycles. The molecule has 2 aliphatic rings. The largest absolute Gasteiger partial charge is 0.204 e. The maximum atomic E-state index is 13.8. The Morgan fingerprint density at radius 3 is 2.50 bits per heavy atom. The summed E-state index contributed by atoms with van der Waals surface area (Å²) in [5.74, 6) is 1.15. The van der Waals surface area contributed by atoms with Crippen molar-refractivity contribution in [2.45, 2.75) is 71.1 Å². The second-order valence-electron chi connectivity index (χ2n) is 7.42. The van der Waals surface area contributed by atoms with E-state index >= 15 is 0 Å². The fourth-order valence-electron chi connectivity index (χ4n) is 4.65. The molecule has 0 bridgehead atoms. The minimum Gasteiger partial charge on any atom is -0.204 e. The predicted molar refractivity (Wildman–Crippen MR) is 86.8 cm³/mol. The van der Waals surface area contributed by atoms with Crippen LogP contribution in [0.1, 0.15) is 69.4 Å². The number of hydrogen-bond donors (Lipinski definition) is 0. The summed E-state index contributed by atoms with van der Waals surface area (Å²) in [6.45, 7) is 2.27. The number of halogens is 2. The standard InChI is InChI=1S/C20H28F2/c1-2-3-4-14-5-7-15(8-6-14)16-9-11-18-17(13-16)10-12-19(21)20(18)22/h10,12,14-16H,2-9,11,13H2,1H3. The van der Waals surface area contributed by atoms with Crippen LogP contribution in [0.2, 0.25) is 0 Å². The van der Waals surface area contributed by atoms with Crippen LogP contribution < -0.4 is 0 Å². The van der Waals surface area contributed by atoms with Crippen molar-refractivity contribution in [2.75, 3.05) is 0 Å². The van der Waals surface area contributed by atoms with Crippen LogP contribution in [0.4, 0.5) is 8.78 Å². The van der Waals surface area contributed by atoms with Crippen molar-refractivity contribution in [1.29, 1.82) is 0 Å². The molecule has 0 nitrogen and oxygen atoms in total. The maximum Gasteiger partial charge on any atom is 0.162 e. The zero-order chi connectivity index (χ0) is 15.5. The van der Waals surface area contributed by atoms with Crippen LogP contribution in [0.15, 0.2) is 12.1 Å². The average Bonchev–Trinajstić information content (AvgIpc) is 2.56. The first kappa shape index (κ1) is 16.0. The van der Waals surface area contributed by atoms with Gasteiger partial charge < -0.3 is 0 Å². The molecule has 0 aromatic heterocycles. The van der Waals surface area contributed by atoms with E-state index in [-0.39, 0.29) is 0 Å². The third-order valence-corrected chi connectivity index (χ3v) is 6.06. The van der Waals surface area contributed by atoms with Gasteiger partial charge in [0.05, 0.1) is 0 Å². The van der Waals surface area contributed by atoms with Crippen LogP contribution in [-0.2, 0) is 12.8 Å². The van der Waals surface area contributed by atoms with Crippen LogP contribution in [0.25, 0.3) is 0 Å². The molecular weight excluding hydrogens is 278 g/mol. The molecule has 122 valence electrons. The molecule has 0 radical (unpaired) electrons. The zero-order valence-corrected chi connectivity index (χ0v) is 13.7. The second kappa shape index (κ2) is 7.10. The highest BCUT2D eigenvalue weighted by Gasteiger charge is 2.31. The molecule has 0 N–H and O–H groups in total. The summed E-state index contributed by atoms with van der Waals surface area (Å²) in [5.41, 5.74) is 1.70. The monoisotopic (exact) mass is 306 g/mol. The minimum absolute atomic E-state index is 0.598. The molecule has 2 heteroatoms. The second-order valence-corrected chi connectivity index (χ2v) is 7.42. The van der Waals surface area contributed by atoms with E-state index in [4.69, 9.17) is 0 Å². The van der Waals surface area contributed by atoms with Gasteiger partial charge in [0.2, 0.25) is 0 Å². The Morgan fingerprint density at radius 1 is 1.00 bits per heavy atom. The summed E-state index contributed by atoms with van der Waals surface area (Å²) in [7, 11) is 0. The van der Waals surface area contributed by atoms with Crippen molar-refractivity contribution in [3.05, 3.63) is 34.9 Å². The van der Waals surface area contributed by atoms with E-state index in [1.807, 2.05) is 6.07 Å². The molecule has 0 spiro atoms. The van der Waals surface area contributed by atoms with Gasteiger partial charge in [0.15, 0.2) is 11.6 Å². The number of rotatable bonds is 4. The predicted octanol–water partition coefficient (Wildman–Crippen LogP) is 6.07. The summed E-state index contributed by atoms with van der Waals surface area (Å²) >= 11 is 0. The van der Waals surface area contributed by atoms with E-state index in [2.05, 4.69) is 6.92 Å². The molecule has 22 heavy (non-hydrogen) atoms. The Hall–Kier alpha value is -0.920. The summed E-state index contributed by atoms with van der Waals surface area (Å²) in [5, 5.41) is 0. The molecule has 1 saturated carbocycles. The van der Waals surface area contributed by atoms with Crippen molar-refractivity contribution in [1.82, 2.24) is 0 Å². The van der Waals surface area contributed by atoms with Gasteiger partial charge in [-0.1, -0.05) is 45.1 Å². The summed E-state index contributed by atoms with van der Waals surface area (Å²) < 4.78 is 27.2. The van der Waals surface area contributed by atoms with Gasteiger partial charge in [-0.05, 0) is 67.1 Å². The van der Waals surface area contributed by atoms with Crippen LogP contribution in [0, 0.1) is 29.4 Å². The molecule has 1 unspecified atom stereocenters. The van der Waals surface area contributed by atoms with E-state index < -0.39 is 11.6 Å². The maximum absolute atomic E-state index is 13.8. The van der Waals surface area contributed by atoms with Crippen molar-refractivity contribution in [3.8, 4) is 0 Å². The Balaban J connectivity index is 1.58. The van der Waals surface area contributed by atoms with Crippen molar-refractivity contribution >= 4 is 0 Å². The summed E-state index contributed by atoms with van der Waals surface area (Å²) in [6, 6.07) is 3.12. The normalized spacial score (nSPS) is 28.4. The number of benzene rings is 1. The van der Waals surface area contributed by atoms with Crippen LogP contribution in [-0.4, -0.2) is 0 Å². The van der Waals surface area contributed by atoms with Crippen LogP contribution in [0.3, 0.4) is 0 Å². The Bertz CT molecular complexity index is 501. The van der Waals surface area contributed by atoms with Crippen LogP contribution >= 0.6 is 0 Å². The first-order valence-electron chi connectivity index (χ1n) is 9.14. The number of fused-ring (bicyclic) bond motifs is 1. The van der Waals surface area contributed by atoms with Gasteiger partial charge in [-0.25, -0.2) is 8.78 Å². The lowest BCUT2D eigenvalue weighted by Gasteiger charge is -2.36. The lowest BCUT2D eigenvalue weighted by atomic mass is 9.69. The van der Waals surface area contributed by atoms with Gasteiger partial charge >= 0.3 is 0 Å². The molecule has 0 saturated heterocycles. The van der Waals surface area contributed by atoms with Gasteiger partial charge in [-0.3, -0.25) is 0 Å². The Morgan fingerprint density at radius 2 is 1.77 bits per heavy atom. The van der Waals surface area contributed by atoms with Gasteiger partial charge in [-0.15, -0.1) is 0 Å². The molecule has 1 fully saturated rings. The SMILES string of the molecule is CCCCC1CCC(C2CCc3c(ccc(F)c3F)C2)CC1. The summed E-state index contributed by atoms with van der Waals surface area (Å²) in [6.07, 6.45) is 12.3. The fraction of sp³-hybridized carbons (Fsp3) is 0.700. The van der Waals surface area contributed by atoms with E-state index in [9.17, 15) is 8.78 Å². The molecule has 1 atom stereocenters. The highest BCUT2D eigenvalue weighted by Crippen LogP contribution is 2.41. The molecule has 1 aromatic rings. The van der Waals surface area contributed by atoms with E-state index in [0.717, 1.165) is 36.7 Å². The molecule has 3 rings (SSSR count). The highest BCUT2D eigenvalue weighted by atomic mass is 19.2. The molecule has 0 heterocycles. The number of hydrogen-bond acceptors (Lipinski definition) is 0. The molecule has 0 aliphatic heterocycles. The van der Waals surface area contributed by atoms with Crippen molar-refractivity contribution in [3.63, 3.8) is 0 Å². The first-order chi connectivity index (χ1) is 10.7. The highest BCUT2D eigenvalue weighted by molar-refractivity contribution is 5.32. The smallest absolute Gasteiger partial charge is 0.162 e. The van der Waals surface area contributed by atoms with E-state index in [1.165, 1.54) is 51.0 Å². The summed E-state index contributed by atoms with van der Waals surface area (Å²) in [4.78, 5) is 0. The van der Waals surface area contributed by atoms with Crippen molar-refractivity contribution in [2.24, 2.45) is 17.8 Å².